The van der Waals surface area contributed by atoms with Gasteiger partial charge in [0.05, 0.1) is 10.5 Å². The van der Waals surface area contributed by atoms with E-state index >= 15 is 0 Å². The minimum absolute atomic E-state index is 0.00265. The third-order valence-electron chi connectivity index (χ3n) is 4.66. The molecule has 1 N–H and O–H groups in total. The highest BCUT2D eigenvalue weighted by molar-refractivity contribution is 7.89. The van der Waals surface area contributed by atoms with Crippen LogP contribution < -0.4 is 0 Å². The predicted octanol–water partition coefficient (Wildman–Crippen LogP) is 3.80. The molecule has 1 saturated heterocycles. The van der Waals surface area contributed by atoms with E-state index in [1.54, 1.807) is 0 Å². The number of nitrogens with zero attached hydrogens (tertiary/aromatic N) is 2. The molecule has 10 heteroatoms. The molecule has 0 unspecified atom stereocenters. The molecule has 28 heavy (non-hydrogen) atoms. The minimum atomic E-state index is -4.56. The average molecular weight is 422 g/mol. The molecule has 1 aromatic carbocycles. The van der Waals surface area contributed by atoms with Gasteiger partial charge in [0.2, 0.25) is 10.0 Å². The van der Waals surface area contributed by atoms with Crippen molar-refractivity contribution in [1.82, 2.24) is 9.21 Å². The van der Waals surface area contributed by atoms with Crippen molar-refractivity contribution < 1.29 is 31.5 Å². The number of alkyl halides is 3. The third kappa shape index (κ3) is 4.96. The summed E-state index contributed by atoms with van der Waals surface area (Å²) in [5.41, 5.74) is -1.14. The number of hydrogen-bond acceptors (Lipinski definition) is 3. The number of halogens is 3. The van der Waals surface area contributed by atoms with Crippen molar-refractivity contribution in [2.75, 3.05) is 19.6 Å². The lowest BCUT2D eigenvalue weighted by molar-refractivity contribution is -0.137. The van der Waals surface area contributed by atoms with Crippen molar-refractivity contribution in [3.05, 3.63) is 29.3 Å². The summed E-state index contributed by atoms with van der Waals surface area (Å²) in [5, 5.41) is 9.41. The number of hydrogen-bond donors (Lipinski definition) is 1. The summed E-state index contributed by atoms with van der Waals surface area (Å²) in [4.78, 5) is 12.6. The van der Waals surface area contributed by atoms with Crippen LogP contribution in [0.25, 0.3) is 0 Å². The van der Waals surface area contributed by atoms with Crippen LogP contribution in [-0.2, 0) is 16.2 Å². The van der Waals surface area contributed by atoms with E-state index in [1.165, 1.54) is 16.1 Å². The minimum Gasteiger partial charge on any atom is -0.465 e. The molecule has 1 aliphatic rings. The van der Waals surface area contributed by atoms with Gasteiger partial charge in [-0.05, 0) is 42.5 Å². The summed E-state index contributed by atoms with van der Waals surface area (Å²) >= 11 is 0. The van der Waals surface area contributed by atoms with Crippen molar-refractivity contribution in [2.24, 2.45) is 5.41 Å². The Hall–Kier alpha value is -1.81. The summed E-state index contributed by atoms with van der Waals surface area (Å²) in [5.74, 6) is 0. The maximum Gasteiger partial charge on any atom is 0.416 e. The number of benzene rings is 1. The van der Waals surface area contributed by atoms with Crippen molar-refractivity contribution in [3.8, 4) is 0 Å². The highest BCUT2D eigenvalue weighted by atomic mass is 32.2. The smallest absolute Gasteiger partial charge is 0.416 e. The van der Waals surface area contributed by atoms with Crippen molar-refractivity contribution in [1.29, 1.82) is 0 Å². The number of aryl methyl sites for hydroxylation is 1. The fraction of sp³-hybridized carbons (Fsp3) is 0.611. The number of rotatable bonds is 3. The maximum atomic E-state index is 13.0. The number of amides is 1. The molecule has 0 radical (unpaired) electrons. The highest BCUT2D eigenvalue weighted by Gasteiger charge is 2.39. The standard InChI is InChI=1S/C18H25F3N2O4S/c1-12-9-13(18(19,20)21)5-6-15(12)28(26,27)22-7-8-23(16(24)25)14(11-22)10-17(2,3)4/h5-6,9,14H,7-8,10-11H2,1-4H3,(H,24,25)/t14-/m0/s1. The number of sulfonamides is 1. The second kappa shape index (κ2) is 7.55. The fourth-order valence-electron chi connectivity index (χ4n) is 3.43. The Bertz CT molecular complexity index is 847. The summed E-state index contributed by atoms with van der Waals surface area (Å²) in [6.45, 7) is 7.04. The van der Waals surface area contributed by atoms with Gasteiger partial charge in [-0.2, -0.15) is 17.5 Å². The number of carbonyl (C=O) groups is 1. The zero-order chi connectivity index (χ0) is 21.5. The molecule has 1 amide bonds. The first-order chi connectivity index (χ1) is 12.6. The highest BCUT2D eigenvalue weighted by Crippen LogP contribution is 2.33. The van der Waals surface area contributed by atoms with Gasteiger partial charge in [0, 0.05) is 25.7 Å². The van der Waals surface area contributed by atoms with E-state index in [9.17, 15) is 31.5 Å². The molecule has 1 heterocycles. The summed E-state index contributed by atoms with van der Waals surface area (Å²) in [6, 6.07) is 2.00. The average Bonchev–Trinajstić information content (AvgIpc) is 2.51. The molecular formula is C18H25F3N2O4S. The molecule has 1 aromatic rings. The zero-order valence-corrected chi connectivity index (χ0v) is 17.1. The number of carboxylic acid groups (broad SMARTS) is 1. The van der Waals surface area contributed by atoms with Crippen LogP contribution in [0.5, 0.6) is 0 Å². The molecule has 158 valence electrons. The summed E-state index contributed by atoms with van der Waals surface area (Å²) in [6.07, 6.45) is -5.22. The van der Waals surface area contributed by atoms with Crippen LogP contribution in [-0.4, -0.2) is 54.5 Å². The van der Waals surface area contributed by atoms with Gasteiger partial charge in [-0.15, -0.1) is 0 Å². The Morgan fingerprint density at radius 1 is 1.21 bits per heavy atom. The first-order valence-electron chi connectivity index (χ1n) is 8.80. The van der Waals surface area contributed by atoms with E-state index in [0.717, 1.165) is 18.2 Å². The first-order valence-corrected chi connectivity index (χ1v) is 10.2. The molecule has 0 aliphatic carbocycles. The molecule has 0 aromatic heterocycles. The lowest BCUT2D eigenvalue weighted by atomic mass is 9.87. The van der Waals surface area contributed by atoms with E-state index in [0.29, 0.717) is 6.42 Å². The van der Waals surface area contributed by atoms with Crippen molar-refractivity contribution >= 4 is 16.1 Å². The van der Waals surface area contributed by atoms with E-state index in [4.69, 9.17) is 0 Å². The van der Waals surface area contributed by atoms with Gasteiger partial charge in [0.15, 0.2) is 0 Å². The summed E-state index contributed by atoms with van der Waals surface area (Å²) in [7, 11) is -4.05. The second-order valence-corrected chi connectivity index (χ2v) is 10.1. The van der Waals surface area contributed by atoms with Gasteiger partial charge in [0.25, 0.3) is 0 Å². The van der Waals surface area contributed by atoms with Crippen molar-refractivity contribution in [2.45, 2.75) is 51.2 Å². The van der Waals surface area contributed by atoms with Crippen LogP contribution in [0.3, 0.4) is 0 Å². The monoisotopic (exact) mass is 422 g/mol. The van der Waals surface area contributed by atoms with Gasteiger partial charge in [-0.3, -0.25) is 0 Å². The van der Waals surface area contributed by atoms with Crippen LogP contribution in [0.15, 0.2) is 23.1 Å². The Labute approximate surface area is 163 Å². The molecule has 2 rings (SSSR count). The lowest BCUT2D eigenvalue weighted by Crippen LogP contribution is -2.57. The largest absolute Gasteiger partial charge is 0.465 e. The normalized spacial score (nSPS) is 19.7. The maximum absolute atomic E-state index is 13.0. The van der Waals surface area contributed by atoms with Gasteiger partial charge in [0.1, 0.15) is 0 Å². The Kier molecular flexibility index (Phi) is 6.06. The molecule has 1 atom stereocenters. The first kappa shape index (κ1) is 22.5. The third-order valence-corrected chi connectivity index (χ3v) is 6.68. The number of piperazine rings is 1. The van der Waals surface area contributed by atoms with Crippen molar-refractivity contribution in [3.63, 3.8) is 0 Å². The molecule has 0 saturated carbocycles. The van der Waals surface area contributed by atoms with Crippen LogP contribution in [0.1, 0.15) is 38.3 Å². The van der Waals surface area contributed by atoms with Gasteiger partial charge < -0.3 is 10.0 Å². The topological polar surface area (TPSA) is 77.9 Å². The molecule has 0 spiro atoms. The molecule has 6 nitrogen and oxygen atoms in total. The Morgan fingerprint density at radius 2 is 1.82 bits per heavy atom. The Balaban J connectivity index is 2.34. The molecule has 0 bridgehead atoms. The van der Waals surface area contributed by atoms with Crippen LogP contribution >= 0.6 is 0 Å². The van der Waals surface area contributed by atoms with Gasteiger partial charge >= 0.3 is 12.3 Å². The van der Waals surface area contributed by atoms with E-state index < -0.39 is 33.9 Å². The molecule has 1 fully saturated rings. The van der Waals surface area contributed by atoms with E-state index in [2.05, 4.69) is 0 Å². The predicted molar refractivity (Wildman–Crippen MR) is 97.5 cm³/mol. The molecule has 1 aliphatic heterocycles. The quantitative estimate of drug-likeness (QED) is 0.804. The molecular weight excluding hydrogens is 397 g/mol. The zero-order valence-electron chi connectivity index (χ0n) is 16.2. The van der Waals surface area contributed by atoms with Crippen LogP contribution in [0.4, 0.5) is 18.0 Å². The summed E-state index contributed by atoms with van der Waals surface area (Å²) < 4.78 is 65.8. The second-order valence-electron chi connectivity index (χ2n) is 8.24. The van der Waals surface area contributed by atoms with Crippen LogP contribution in [0.2, 0.25) is 0 Å². The van der Waals surface area contributed by atoms with E-state index in [1.807, 2.05) is 20.8 Å². The Morgan fingerprint density at radius 3 is 2.29 bits per heavy atom. The fourth-order valence-corrected chi connectivity index (χ4v) is 5.11. The lowest BCUT2D eigenvalue weighted by Gasteiger charge is -2.41. The van der Waals surface area contributed by atoms with Crippen LogP contribution in [0, 0.1) is 12.3 Å². The van der Waals surface area contributed by atoms with Gasteiger partial charge in [-0.25, -0.2) is 13.2 Å². The SMILES string of the molecule is Cc1cc(C(F)(F)F)ccc1S(=O)(=O)N1CCN(C(=O)O)[C@@H](CC(C)(C)C)C1. The van der Waals surface area contributed by atoms with Gasteiger partial charge in [-0.1, -0.05) is 20.8 Å². The van der Waals surface area contributed by atoms with E-state index in [-0.39, 0.29) is 35.5 Å².